The number of carbonyl (C=O) groups is 3. The molecule has 2 amide bonds. The maximum absolute atomic E-state index is 12.1. The van der Waals surface area contributed by atoms with Crippen LogP contribution in [-0.4, -0.2) is 41.7 Å². The molecule has 0 aliphatic heterocycles. The number of benzene rings is 1. The Balaban J connectivity index is 1.82. The number of carboxylic acid groups (broad SMARTS) is 1. The van der Waals surface area contributed by atoms with Crippen LogP contribution in [-0.2, 0) is 9.59 Å². The summed E-state index contributed by atoms with van der Waals surface area (Å²) in [6.07, 6.45) is 6.14. The van der Waals surface area contributed by atoms with Gasteiger partial charge in [0.1, 0.15) is 6.54 Å². The van der Waals surface area contributed by atoms with E-state index in [1.54, 1.807) is 24.3 Å². The average molecular weight is 364 g/mol. The molecule has 1 aromatic rings. The number of nitrogens with one attached hydrogen (secondary N) is 2. The molecule has 136 valence electrons. The van der Waals surface area contributed by atoms with Crippen molar-refractivity contribution >= 4 is 29.5 Å². The first-order chi connectivity index (χ1) is 12.1. The molecule has 0 unspecified atom stereocenters. The molecule has 0 saturated heterocycles. The standard InChI is InChI=1S/C18H24N2O4S/c21-16(19-10-13-6-2-1-3-7-13)12-25-15-9-5-4-8-14(15)18(24)20-11-17(22)23/h4-5,8-9,13H,1-3,6-7,10-12H2,(H,19,21)(H,20,24)(H,22,23). The molecule has 1 fully saturated rings. The van der Waals surface area contributed by atoms with Crippen LogP contribution in [0.15, 0.2) is 29.2 Å². The van der Waals surface area contributed by atoms with Crippen LogP contribution in [0.3, 0.4) is 0 Å². The minimum Gasteiger partial charge on any atom is -0.480 e. The molecule has 1 aliphatic rings. The zero-order chi connectivity index (χ0) is 18.1. The molecule has 6 nitrogen and oxygen atoms in total. The van der Waals surface area contributed by atoms with E-state index in [0.717, 1.165) is 6.54 Å². The topological polar surface area (TPSA) is 95.5 Å². The molecule has 1 aliphatic carbocycles. The smallest absolute Gasteiger partial charge is 0.322 e. The lowest BCUT2D eigenvalue weighted by molar-refractivity contribution is -0.135. The molecule has 1 aromatic carbocycles. The second kappa shape index (κ2) is 10.1. The van der Waals surface area contributed by atoms with Gasteiger partial charge in [-0.2, -0.15) is 0 Å². The van der Waals surface area contributed by atoms with Crippen LogP contribution in [0.4, 0.5) is 0 Å². The summed E-state index contributed by atoms with van der Waals surface area (Å²) in [6.45, 7) is 0.292. The van der Waals surface area contributed by atoms with E-state index in [-0.39, 0.29) is 11.7 Å². The molecule has 3 N–H and O–H groups in total. The van der Waals surface area contributed by atoms with Crippen molar-refractivity contribution in [1.29, 1.82) is 0 Å². The Morgan fingerprint density at radius 1 is 1.08 bits per heavy atom. The lowest BCUT2D eigenvalue weighted by Crippen LogP contribution is -2.31. The van der Waals surface area contributed by atoms with E-state index in [4.69, 9.17) is 5.11 Å². The largest absolute Gasteiger partial charge is 0.480 e. The van der Waals surface area contributed by atoms with E-state index in [1.807, 2.05) is 0 Å². The number of rotatable bonds is 8. The van der Waals surface area contributed by atoms with Crippen LogP contribution in [0.25, 0.3) is 0 Å². The van der Waals surface area contributed by atoms with Gasteiger partial charge >= 0.3 is 5.97 Å². The number of thioether (sulfide) groups is 1. The molecule has 2 rings (SSSR count). The fourth-order valence-corrected chi connectivity index (χ4v) is 3.75. The van der Waals surface area contributed by atoms with Crippen molar-refractivity contribution in [3.8, 4) is 0 Å². The molecular formula is C18H24N2O4S. The maximum atomic E-state index is 12.1. The third kappa shape index (κ3) is 6.78. The van der Waals surface area contributed by atoms with Gasteiger partial charge in [-0.05, 0) is 30.9 Å². The summed E-state index contributed by atoms with van der Waals surface area (Å²) in [7, 11) is 0. The first kappa shape index (κ1) is 19.3. The van der Waals surface area contributed by atoms with E-state index >= 15 is 0 Å². The van der Waals surface area contributed by atoms with Crippen LogP contribution in [0.1, 0.15) is 42.5 Å². The van der Waals surface area contributed by atoms with Crippen molar-refractivity contribution in [2.24, 2.45) is 5.92 Å². The second-order valence-electron chi connectivity index (χ2n) is 6.17. The lowest BCUT2D eigenvalue weighted by atomic mass is 9.89. The van der Waals surface area contributed by atoms with E-state index in [1.165, 1.54) is 43.9 Å². The Kier molecular flexibility index (Phi) is 7.78. The van der Waals surface area contributed by atoms with Gasteiger partial charge in [0.05, 0.1) is 11.3 Å². The van der Waals surface area contributed by atoms with Gasteiger partial charge in [-0.15, -0.1) is 11.8 Å². The average Bonchev–Trinajstić information content (AvgIpc) is 2.63. The van der Waals surface area contributed by atoms with Gasteiger partial charge in [-0.25, -0.2) is 0 Å². The molecule has 7 heteroatoms. The van der Waals surface area contributed by atoms with E-state index in [0.29, 0.717) is 16.4 Å². The molecule has 25 heavy (non-hydrogen) atoms. The van der Waals surface area contributed by atoms with Gasteiger partial charge in [0.15, 0.2) is 0 Å². The fourth-order valence-electron chi connectivity index (χ4n) is 2.87. The molecule has 0 radical (unpaired) electrons. The number of carbonyl (C=O) groups excluding carboxylic acids is 2. The Morgan fingerprint density at radius 2 is 1.80 bits per heavy atom. The predicted octanol–water partition coefficient (Wildman–Crippen LogP) is 2.29. The van der Waals surface area contributed by atoms with Crippen molar-refractivity contribution in [3.05, 3.63) is 29.8 Å². The van der Waals surface area contributed by atoms with Gasteiger partial charge in [-0.3, -0.25) is 14.4 Å². The summed E-state index contributed by atoms with van der Waals surface area (Å²) in [6, 6.07) is 6.88. The predicted molar refractivity (Wildman–Crippen MR) is 96.7 cm³/mol. The van der Waals surface area contributed by atoms with Crippen LogP contribution < -0.4 is 10.6 Å². The minimum atomic E-state index is -1.10. The van der Waals surface area contributed by atoms with Crippen LogP contribution >= 0.6 is 11.8 Å². The van der Waals surface area contributed by atoms with Gasteiger partial charge in [-0.1, -0.05) is 31.4 Å². The number of amides is 2. The summed E-state index contributed by atoms with van der Waals surface area (Å²) in [4.78, 5) is 35.3. The summed E-state index contributed by atoms with van der Waals surface area (Å²) in [5.41, 5.74) is 0.383. The molecule has 0 bridgehead atoms. The van der Waals surface area contributed by atoms with Crippen molar-refractivity contribution in [1.82, 2.24) is 10.6 Å². The Hall–Kier alpha value is -2.02. The Morgan fingerprint density at radius 3 is 2.52 bits per heavy atom. The van der Waals surface area contributed by atoms with Crippen molar-refractivity contribution in [2.75, 3.05) is 18.8 Å². The maximum Gasteiger partial charge on any atom is 0.322 e. The molecule has 1 saturated carbocycles. The third-order valence-corrected chi connectivity index (χ3v) is 5.28. The normalized spacial score (nSPS) is 14.7. The zero-order valence-electron chi connectivity index (χ0n) is 14.1. The fraction of sp³-hybridized carbons (Fsp3) is 0.500. The zero-order valence-corrected chi connectivity index (χ0v) is 14.9. The van der Waals surface area contributed by atoms with Crippen molar-refractivity contribution < 1.29 is 19.5 Å². The van der Waals surface area contributed by atoms with Gasteiger partial charge in [0, 0.05) is 11.4 Å². The molecule has 0 heterocycles. The molecule has 0 aromatic heterocycles. The number of hydrogen-bond donors (Lipinski definition) is 3. The highest BCUT2D eigenvalue weighted by atomic mass is 32.2. The third-order valence-electron chi connectivity index (χ3n) is 4.20. The van der Waals surface area contributed by atoms with E-state index < -0.39 is 18.4 Å². The van der Waals surface area contributed by atoms with E-state index in [9.17, 15) is 14.4 Å². The van der Waals surface area contributed by atoms with Crippen molar-refractivity contribution in [2.45, 2.75) is 37.0 Å². The van der Waals surface area contributed by atoms with Crippen LogP contribution in [0.5, 0.6) is 0 Å². The highest BCUT2D eigenvalue weighted by Crippen LogP contribution is 2.24. The second-order valence-corrected chi connectivity index (χ2v) is 7.19. The first-order valence-corrected chi connectivity index (χ1v) is 9.53. The number of hydrogen-bond acceptors (Lipinski definition) is 4. The summed E-state index contributed by atoms with van der Waals surface area (Å²) < 4.78 is 0. The highest BCUT2D eigenvalue weighted by Gasteiger charge is 2.16. The first-order valence-electron chi connectivity index (χ1n) is 8.55. The minimum absolute atomic E-state index is 0.0451. The molecule has 0 spiro atoms. The number of aliphatic carboxylic acids is 1. The molecular weight excluding hydrogens is 340 g/mol. The van der Waals surface area contributed by atoms with Crippen LogP contribution in [0, 0.1) is 5.92 Å². The van der Waals surface area contributed by atoms with Crippen LogP contribution in [0.2, 0.25) is 0 Å². The summed E-state index contributed by atoms with van der Waals surface area (Å²) in [5.74, 6) is -0.780. The summed E-state index contributed by atoms with van der Waals surface area (Å²) >= 11 is 1.28. The quantitative estimate of drug-likeness (QED) is 0.615. The Labute approximate surface area is 151 Å². The van der Waals surface area contributed by atoms with Gasteiger partial charge in [0.25, 0.3) is 5.91 Å². The summed E-state index contributed by atoms with van der Waals surface area (Å²) in [5, 5.41) is 14.0. The van der Waals surface area contributed by atoms with E-state index in [2.05, 4.69) is 10.6 Å². The van der Waals surface area contributed by atoms with Gasteiger partial charge < -0.3 is 15.7 Å². The number of carboxylic acids is 1. The van der Waals surface area contributed by atoms with Crippen molar-refractivity contribution in [3.63, 3.8) is 0 Å². The monoisotopic (exact) mass is 364 g/mol. The SMILES string of the molecule is O=C(O)CNC(=O)c1ccccc1SCC(=O)NCC1CCCCC1. The lowest BCUT2D eigenvalue weighted by Gasteiger charge is -2.21. The highest BCUT2D eigenvalue weighted by molar-refractivity contribution is 8.00. The Bertz CT molecular complexity index is 615. The van der Waals surface area contributed by atoms with Gasteiger partial charge in [0.2, 0.25) is 5.91 Å². The molecule has 0 atom stereocenters.